The molecule has 1 aliphatic heterocycles. The maximum atomic E-state index is 12.9. The minimum absolute atomic E-state index is 0.0803. The number of fused-ring (bicyclic) bond motifs is 1. The summed E-state index contributed by atoms with van der Waals surface area (Å²) < 4.78 is 0. The molecule has 1 fully saturated rings. The number of benzene rings is 3. The van der Waals surface area contributed by atoms with Crippen LogP contribution in [0.2, 0.25) is 0 Å². The number of rotatable bonds is 7. The fraction of sp³-hybridized carbons (Fsp3) is 0.241. The lowest BCUT2D eigenvalue weighted by molar-refractivity contribution is -0.136. The molecule has 7 nitrogen and oxygen atoms in total. The maximum absolute atomic E-state index is 12.9. The molecule has 3 aromatic carbocycles. The third-order valence-electron chi connectivity index (χ3n) is 6.58. The number of carbonyl (C=O) groups excluding carboxylic acids is 1. The topological polar surface area (TPSA) is 95.4 Å². The van der Waals surface area contributed by atoms with Gasteiger partial charge in [0.1, 0.15) is 11.6 Å². The molecule has 0 atom stereocenters. The normalized spacial score (nSPS) is 13.2. The number of nitrogens with one attached hydrogen (secondary N) is 1. The van der Waals surface area contributed by atoms with Crippen LogP contribution in [0.5, 0.6) is 0 Å². The zero-order valence-corrected chi connectivity index (χ0v) is 20.2. The first-order valence-electron chi connectivity index (χ1n) is 12.2. The number of hydrogen-bond donors (Lipinski definition) is 2. The van der Waals surface area contributed by atoms with Gasteiger partial charge in [0.15, 0.2) is 0 Å². The number of aliphatic carboxylic acids is 1. The number of anilines is 2. The smallest absolute Gasteiger partial charge is 0.308 e. The van der Waals surface area contributed by atoms with E-state index in [9.17, 15) is 14.7 Å². The number of carboxylic acids is 1. The van der Waals surface area contributed by atoms with Gasteiger partial charge in [-0.2, -0.15) is 0 Å². The highest BCUT2D eigenvalue weighted by atomic mass is 16.4. The molecule has 2 heterocycles. The summed E-state index contributed by atoms with van der Waals surface area (Å²) in [5.41, 5.74) is 3.76. The molecule has 36 heavy (non-hydrogen) atoms. The number of hydrogen-bond acceptors (Lipinski definition) is 5. The number of amides is 1. The Morgan fingerprint density at radius 3 is 2.42 bits per heavy atom. The highest BCUT2D eigenvalue weighted by molar-refractivity contribution is 6.12. The van der Waals surface area contributed by atoms with E-state index in [1.54, 1.807) is 0 Å². The lowest BCUT2D eigenvalue weighted by Crippen LogP contribution is -2.23. The van der Waals surface area contributed by atoms with E-state index in [0.717, 1.165) is 48.1 Å². The predicted molar refractivity (Wildman–Crippen MR) is 141 cm³/mol. The summed E-state index contributed by atoms with van der Waals surface area (Å²) in [6.45, 7) is 3.62. The summed E-state index contributed by atoms with van der Waals surface area (Å²) in [7, 11) is 0. The standard InChI is InChI=1S/C29H28N4O3/c1-19-25(18-27(34)35)28(33-15-4-5-16-33)32-26(30-19)17-20-11-13-22(14-12-20)31-29(36)24-10-6-8-21-7-2-3-9-23(21)24/h2-3,6-14H,4-5,15-18H2,1H3,(H,31,36)(H,34,35). The van der Waals surface area contributed by atoms with Crippen molar-refractivity contribution in [2.75, 3.05) is 23.3 Å². The quantitative estimate of drug-likeness (QED) is 0.386. The van der Waals surface area contributed by atoms with Gasteiger partial charge in [0, 0.05) is 42.0 Å². The van der Waals surface area contributed by atoms with Crippen molar-refractivity contribution in [3.8, 4) is 0 Å². The summed E-state index contributed by atoms with van der Waals surface area (Å²) in [5.74, 6) is 0.381. The van der Waals surface area contributed by atoms with Crippen LogP contribution < -0.4 is 10.2 Å². The van der Waals surface area contributed by atoms with Crippen molar-refractivity contribution in [2.24, 2.45) is 0 Å². The van der Waals surface area contributed by atoms with Crippen LogP contribution in [0.3, 0.4) is 0 Å². The first kappa shape index (κ1) is 23.5. The number of aromatic nitrogens is 2. The van der Waals surface area contributed by atoms with Crippen molar-refractivity contribution in [1.29, 1.82) is 0 Å². The fourth-order valence-corrected chi connectivity index (χ4v) is 4.78. The Bertz CT molecular complexity index is 1420. The van der Waals surface area contributed by atoms with E-state index in [1.807, 2.05) is 73.7 Å². The molecule has 0 unspecified atom stereocenters. The van der Waals surface area contributed by atoms with E-state index in [4.69, 9.17) is 4.98 Å². The summed E-state index contributed by atoms with van der Waals surface area (Å²) >= 11 is 0. The average molecular weight is 481 g/mol. The summed E-state index contributed by atoms with van der Waals surface area (Å²) in [5, 5.41) is 14.3. The van der Waals surface area contributed by atoms with E-state index in [2.05, 4.69) is 15.2 Å². The second-order valence-electron chi connectivity index (χ2n) is 9.15. The highest BCUT2D eigenvalue weighted by Gasteiger charge is 2.22. The van der Waals surface area contributed by atoms with Crippen LogP contribution in [0.1, 0.15) is 45.8 Å². The van der Waals surface area contributed by atoms with Crippen LogP contribution in [-0.2, 0) is 17.6 Å². The van der Waals surface area contributed by atoms with Crippen molar-refractivity contribution in [3.63, 3.8) is 0 Å². The van der Waals surface area contributed by atoms with Crippen LogP contribution in [0, 0.1) is 6.92 Å². The lowest BCUT2D eigenvalue weighted by atomic mass is 10.0. The molecule has 1 aliphatic rings. The zero-order chi connectivity index (χ0) is 25.1. The predicted octanol–water partition coefficient (Wildman–Crippen LogP) is 5.01. The number of carboxylic acid groups (broad SMARTS) is 1. The molecule has 182 valence electrons. The Morgan fingerprint density at radius 1 is 0.944 bits per heavy atom. The largest absolute Gasteiger partial charge is 0.481 e. The molecule has 0 aliphatic carbocycles. The minimum Gasteiger partial charge on any atom is -0.481 e. The first-order chi connectivity index (χ1) is 17.5. The third kappa shape index (κ3) is 5.05. The van der Waals surface area contributed by atoms with Crippen LogP contribution in [0.25, 0.3) is 10.8 Å². The van der Waals surface area contributed by atoms with Crippen molar-refractivity contribution >= 4 is 34.2 Å². The van der Waals surface area contributed by atoms with Gasteiger partial charge in [-0.15, -0.1) is 0 Å². The van der Waals surface area contributed by atoms with E-state index >= 15 is 0 Å². The van der Waals surface area contributed by atoms with E-state index < -0.39 is 5.97 Å². The monoisotopic (exact) mass is 480 g/mol. The van der Waals surface area contributed by atoms with Gasteiger partial charge in [-0.3, -0.25) is 9.59 Å². The first-order valence-corrected chi connectivity index (χ1v) is 12.2. The maximum Gasteiger partial charge on any atom is 0.308 e. The Hall–Kier alpha value is -4.26. The molecule has 7 heteroatoms. The van der Waals surface area contributed by atoms with Crippen molar-refractivity contribution in [2.45, 2.75) is 32.6 Å². The third-order valence-corrected chi connectivity index (χ3v) is 6.58. The number of nitrogens with zero attached hydrogens (tertiary/aromatic N) is 3. The molecule has 0 saturated carbocycles. The van der Waals surface area contributed by atoms with Gasteiger partial charge in [-0.05, 0) is 54.3 Å². The summed E-state index contributed by atoms with van der Waals surface area (Å²) in [4.78, 5) is 35.9. The minimum atomic E-state index is -0.879. The molecule has 5 rings (SSSR count). The van der Waals surface area contributed by atoms with Crippen LogP contribution in [0.4, 0.5) is 11.5 Å². The molecular formula is C29H28N4O3. The molecule has 2 N–H and O–H groups in total. The van der Waals surface area contributed by atoms with E-state index in [1.165, 1.54) is 0 Å². The van der Waals surface area contributed by atoms with Crippen molar-refractivity contribution in [1.82, 2.24) is 9.97 Å². The summed E-state index contributed by atoms with van der Waals surface area (Å²) in [6, 6.07) is 21.2. The Labute approximate surface area is 209 Å². The Morgan fingerprint density at radius 2 is 1.67 bits per heavy atom. The second kappa shape index (κ2) is 10.2. The molecule has 0 radical (unpaired) electrons. The lowest BCUT2D eigenvalue weighted by Gasteiger charge is -2.21. The second-order valence-corrected chi connectivity index (χ2v) is 9.15. The van der Waals surface area contributed by atoms with Crippen LogP contribution in [-0.4, -0.2) is 40.0 Å². The molecule has 0 bridgehead atoms. The van der Waals surface area contributed by atoms with Gasteiger partial charge >= 0.3 is 5.97 Å². The Balaban J connectivity index is 1.33. The average Bonchev–Trinajstić information content (AvgIpc) is 3.41. The molecular weight excluding hydrogens is 452 g/mol. The molecule has 4 aromatic rings. The van der Waals surface area contributed by atoms with Crippen LogP contribution in [0.15, 0.2) is 66.7 Å². The van der Waals surface area contributed by atoms with Gasteiger partial charge in [0.2, 0.25) is 0 Å². The van der Waals surface area contributed by atoms with Gasteiger partial charge in [-0.1, -0.05) is 48.5 Å². The Kier molecular flexibility index (Phi) is 6.62. The fourth-order valence-electron chi connectivity index (χ4n) is 4.78. The van der Waals surface area contributed by atoms with Crippen molar-refractivity contribution < 1.29 is 14.7 Å². The molecule has 0 spiro atoms. The van der Waals surface area contributed by atoms with Gasteiger partial charge in [-0.25, -0.2) is 9.97 Å². The number of aryl methyl sites for hydroxylation is 1. The summed E-state index contributed by atoms with van der Waals surface area (Å²) in [6.07, 6.45) is 2.60. The van der Waals surface area contributed by atoms with Crippen molar-refractivity contribution in [3.05, 3.63) is 94.9 Å². The highest BCUT2D eigenvalue weighted by Crippen LogP contribution is 2.26. The van der Waals surface area contributed by atoms with Gasteiger partial charge < -0.3 is 15.3 Å². The van der Waals surface area contributed by atoms with Gasteiger partial charge in [0.25, 0.3) is 5.91 Å². The zero-order valence-electron chi connectivity index (χ0n) is 20.2. The molecule has 1 amide bonds. The molecule has 1 aromatic heterocycles. The SMILES string of the molecule is Cc1nc(Cc2ccc(NC(=O)c3cccc4ccccc34)cc2)nc(N2CCCC2)c1CC(=O)O. The van der Waals surface area contributed by atoms with Gasteiger partial charge in [0.05, 0.1) is 6.42 Å². The van der Waals surface area contributed by atoms with Crippen LogP contribution >= 0.6 is 0 Å². The van der Waals surface area contributed by atoms with E-state index in [-0.39, 0.29) is 12.3 Å². The molecule has 1 saturated heterocycles. The van der Waals surface area contributed by atoms with E-state index in [0.29, 0.717) is 34.8 Å². The number of carbonyl (C=O) groups is 2.